The van der Waals surface area contributed by atoms with Crippen LogP contribution in [-0.4, -0.2) is 17.2 Å². The first kappa shape index (κ1) is 4.66. The van der Waals surface area contributed by atoms with E-state index < -0.39 is 0 Å². The van der Waals surface area contributed by atoms with Crippen LogP contribution in [0.2, 0.25) is 0 Å². The maximum atomic E-state index is 3.01. The van der Waals surface area contributed by atoms with Gasteiger partial charge in [-0.3, -0.25) is 0 Å². The van der Waals surface area contributed by atoms with Gasteiger partial charge in [-0.05, 0) is 6.92 Å². The Balaban J connectivity index is 1.97. The van der Waals surface area contributed by atoms with Gasteiger partial charge in [0.25, 0.3) is 0 Å². The van der Waals surface area contributed by atoms with Crippen molar-refractivity contribution in [2.45, 2.75) is 19.1 Å². The van der Waals surface area contributed by atoms with Crippen molar-refractivity contribution >= 4 is 0 Å². The lowest BCUT2D eigenvalue weighted by atomic mass is 10.5. The molecule has 2 saturated heterocycles. The number of nitrogens with zero attached hydrogens (tertiary/aromatic N) is 1. The molecule has 2 fully saturated rings. The van der Waals surface area contributed by atoms with Crippen molar-refractivity contribution in [2.75, 3.05) is 0 Å². The Morgan fingerprint density at radius 1 is 1.38 bits per heavy atom. The van der Waals surface area contributed by atoms with Crippen LogP contribution in [0, 0.1) is 0 Å². The predicted octanol–water partition coefficient (Wildman–Crippen LogP) is -1.95. The summed E-state index contributed by atoms with van der Waals surface area (Å²) in [7, 11) is 0. The lowest BCUT2D eigenvalue weighted by molar-refractivity contribution is 0.169. The molecule has 0 bridgehead atoms. The molecule has 46 valence electrons. The Morgan fingerprint density at radius 3 is 2.75 bits per heavy atom. The van der Waals surface area contributed by atoms with Crippen LogP contribution in [0.3, 0.4) is 0 Å². The van der Waals surface area contributed by atoms with E-state index in [1.54, 1.807) is 0 Å². The Kier molecular flexibility index (Phi) is 0.813. The SMILES string of the molecule is CC1C2NNNNN12. The molecule has 0 aromatic rings. The molecular weight excluding hydrogens is 106 g/mol. The van der Waals surface area contributed by atoms with Crippen LogP contribution < -0.4 is 22.0 Å². The molecule has 0 saturated carbocycles. The normalized spacial score (nSPS) is 52.9. The van der Waals surface area contributed by atoms with E-state index >= 15 is 0 Å². The fourth-order valence-corrected chi connectivity index (χ4v) is 0.913. The first-order valence-corrected chi connectivity index (χ1v) is 2.69. The summed E-state index contributed by atoms with van der Waals surface area (Å²) in [6.45, 7) is 2.14. The fourth-order valence-electron chi connectivity index (χ4n) is 0.913. The minimum Gasteiger partial charge on any atom is -0.223 e. The Morgan fingerprint density at radius 2 is 2.25 bits per heavy atom. The van der Waals surface area contributed by atoms with Gasteiger partial charge in [0.15, 0.2) is 0 Å². The molecule has 2 heterocycles. The van der Waals surface area contributed by atoms with Crippen LogP contribution in [0.1, 0.15) is 6.92 Å². The summed E-state index contributed by atoms with van der Waals surface area (Å²) >= 11 is 0. The first-order valence-electron chi connectivity index (χ1n) is 2.69. The van der Waals surface area contributed by atoms with Crippen molar-refractivity contribution in [2.24, 2.45) is 0 Å². The van der Waals surface area contributed by atoms with Gasteiger partial charge in [-0.1, -0.05) is 0 Å². The van der Waals surface area contributed by atoms with E-state index in [1.807, 2.05) is 0 Å². The van der Waals surface area contributed by atoms with E-state index in [2.05, 4.69) is 34.0 Å². The smallest absolute Gasteiger partial charge is 0.106 e. The molecule has 0 aliphatic carbocycles. The molecular formula is C3H9N5. The van der Waals surface area contributed by atoms with Gasteiger partial charge in [-0.25, -0.2) is 10.4 Å². The minimum absolute atomic E-state index is 0.469. The van der Waals surface area contributed by atoms with Crippen molar-refractivity contribution in [3.05, 3.63) is 0 Å². The zero-order valence-corrected chi connectivity index (χ0v) is 4.60. The molecule has 5 nitrogen and oxygen atoms in total. The summed E-state index contributed by atoms with van der Waals surface area (Å²) in [6, 6.07) is 0.595. The molecule has 2 aliphatic rings. The van der Waals surface area contributed by atoms with Crippen LogP contribution in [0.4, 0.5) is 0 Å². The van der Waals surface area contributed by atoms with Crippen LogP contribution >= 0.6 is 0 Å². The number of hydrogen-bond acceptors (Lipinski definition) is 5. The van der Waals surface area contributed by atoms with Gasteiger partial charge in [0, 0.05) is 0 Å². The molecule has 0 amide bonds. The van der Waals surface area contributed by atoms with Crippen LogP contribution in [0.15, 0.2) is 0 Å². The van der Waals surface area contributed by atoms with Crippen molar-refractivity contribution < 1.29 is 0 Å². The van der Waals surface area contributed by atoms with Crippen molar-refractivity contribution in [1.29, 1.82) is 0 Å². The summed E-state index contributed by atoms with van der Waals surface area (Å²) in [4.78, 5) is 0. The van der Waals surface area contributed by atoms with E-state index in [4.69, 9.17) is 0 Å². The lowest BCUT2D eigenvalue weighted by Crippen LogP contribution is -2.59. The molecule has 2 aliphatic heterocycles. The third kappa shape index (κ3) is 0.473. The van der Waals surface area contributed by atoms with E-state index in [9.17, 15) is 0 Å². The molecule has 3 atom stereocenters. The zero-order chi connectivity index (χ0) is 5.56. The van der Waals surface area contributed by atoms with Crippen LogP contribution in [0.5, 0.6) is 0 Å². The summed E-state index contributed by atoms with van der Waals surface area (Å²) in [5.41, 5.74) is 11.4. The summed E-state index contributed by atoms with van der Waals surface area (Å²) < 4.78 is 0. The topological polar surface area (TPSA) is 51.1 Å². The maximum Gasteiger partial charge on any atom is 0.106 e. The van der Waals surface area contributed by atoms with Gasteiger partial charge in [0.05, 0.1) is 6.04 Å². The van der Waals surface area contributed by atoms with Gasteiger partial charge < -0.3 is 0 Å². The highest BCUT2D eigenvalue weighted by Gasteiger charge is 2.46. The van der Waals surface area contributed by atoms with E-state index in [-0.39, 0.29) is 0 Å². The quantitative estimate of drug-likeness (QED) is 0.276. The molecule has 5 heteroatoms. The third-order valence-electron chi connectivity index (χ3n) is 1.57. The van der Waals surface area contributed by atoms with E-state index in [0.29, 0.717) is 12.2 Å². The van der Waals surface area contributed by atoms with Crippen molar-refractivity contribution in [3.63, 3.8) is 0 Å². The molecule has 2 rings (SSSR count). The molecule has 0 aromatic heterocycles. The van der Waals surface area contributed by atoms with Gasteiger partial charge in [0.2, 0.25) is 0 Å². The second-order valence-corrected chi connectivity index (χ2v) is 2.10. The van der Waals surface area contributed by atoms with Crippen molar-refractivity contribution in [3.8, 4) is 0 Å². The van der Waals surface area contributed by atoms with E-state index in [0.717, 1.165) is 0 Å². The standard InChI is InChI=1S/C3H9N5/c1-2-3-4-5-6-7-8(2)3/h2-7H,1H3. The highest BCUT2D eigenvalue weighted by atomic mass is 16.0. The van der Waals surface area contributed by atoms with Gasteiger partial charge in [-0.15, -0.1) is 0 Å². The largest absolute Gasteiger partial charge is 0.223 e. The number of hydrazine groups is 4. The number of nitrogens with one attached hydrogen (secondary N) is 4. The van der Waals surface area contributed by atoms with Gasteiger partial charge in [-0.2, -0.15) is 16.6 Å². The fraction of sp³-hybridized carbons (Fsp3) is 1.00. The highest BCUT2D eigenvalue weighted by Crippen LogP contribution is 2.20. The second kappa shape index (κ2) is 1.40. The number of rotatable bonds is 0. The maximum absolute atomic E-state index is 3.01. The molecule has 0 aromatic carbocycles. The highest BCUT2D eigenvalue weighted by molar-refractivity contribution is 4.93. The van der Waals surface area contributed by atoms with Crippen LogP contribution in [0.25, 0.3) is 0 Å². The number of fused-ring (bicyclic) bond motifs is 1. The first-order chi connectivity index (χ1) is 3.89. The molecule has 3 unspecified atom stereocenters. The Bertz CT molecular complexity index is 91.8. The average molecular weight is 115 g/mol. The monoisotopic (exact) mass is 115 g/mol. The van der Waals surface area contributed by atoms with Gasteiger partial charge >= 0.3 is 0 Å². The summed E-state index contributed by atoms with van der Waals surface area (Å²) in [6.07, 6.45) is 0.469. The predicted molar refractivity (Wildman–Crippen MR) is 27.6 cm³/mol. The second-order valence-electron chi connectivity index (χ2n) is 2.10. The molecule has 0 spiro atoms. The number of hydrogen-bond donors (Lipinski definition) is 4. The summed E-state index contributed by atoms with van der Waals surface area (Å²) in [5, 5.41) is 2.07. The zero-order valence-electron chi connectivity index (χ0n) is 4.60. The van der Waals surface area contributed by atoms with Gasteiger partial charge in [0.1, 0.15) is 6.17 Å². The average Bonchev–Trinajstić information content (AvgIpc) is 2.46. The molecule has 4 N–H and O–H groups in total. The minimum atomic E-state index is 0.469. The third-order valence-corrected chi connectivity index (χ3v) is 1.57. The lowest BCUT2D eigenvalue weighted by Gasteiger charge is -2.15. The van der Waals surface area contributed by atoms with E-state index in [1.165, 1.54) is 0 Å². The Labute approximate surface area is 47.3 Å². The van der Waals surface area contributed by atoms with Crippen molar-refractivity contribution in [1.82, 2.24) is 27.0 Å². The molecule has 0 radical (unpaired) electrons. The Hall–Kier alpha value is -0.200. The molecule has 8 heavy (non-hydrogen) atoms. The summed E-state index contributed by atoms with van der Waals surface area (Å²) in [5.74, 6) is 0. The van der Waals surface area contributed by atoms with Crippen LogP contribution in [-0.2, 0) is 0 Å².